The van der Waals surface area contributed by atoms with Gasteiger partial charge in [-0.1, -0.05) is 19.9 Å². The van der Waals surface area contributed by atoms with Gasteiger partial charge in [0.1, 0.15) is 12.1 Å². The monoisotopic (exact) mass is 415 g/mol. The maximum absolute atomic E-state index is 10.8. The molecule has 0 amide bonds. The highest BCUT2D eigenvalue weighted by atomic mass is 16.1. The lowest BCUT2D eigenvalue weighted by Crippen LogP contribution is -2.34. The van der Waals surface area contributed by atoms with E-state index in [0.717, 1.165) is 54.9 Å². The highest BCUT2D eigenvalue weighted by Gasteiger charge is 2.22. The molecule has 3 aromatic heterocycles. The zero-order valence-electron chi connectivity index (χ0n) is 18.4. The molecule has 5 rings (SSSR count). The van der Waals surface area contributed by atoms with Crippen LogP contribution in [-0.4, -0.2) is 50.4 Å². The van der Waals surface area contributed by atoms with Gasteiger partial charge in [-0.2, -0.15) is 5.10 Å². The van der Waals surface area contributed by atoms with E-state index in [1.807, 2.05) is 17.5 Å². The fourth-order valence-electron chi connectivity index (χ4n) is 5.01. The van der Waals surface area contributed by atoms with Crippen LogP contribution in [0.1, 0.15) is 55.5 Å². The van der Waals surface area contributed by atoms with E-state index in [9.17, 15) is 4.79 Å². The summed E-state index contributed by atoms with van der Waals surface area (Å²) in [5, 5.41) is 5.80. The number of H-pyrrole nitrogens is 1. The van der Waals surface area contributed by atoms with Crippen LogP contribution in [0.5, 0.6) is 0 Å². The summed E-state index contributed by atoms with van der Waals surface area (Å²) in [5.74, 6) is 1.73. The minimum Gasteiger partial charge on any atom is -0.354 e. The highest BCUT2D eigenvalue weighted by molar-refractivity contribution is 5.92. The second kappa shape index (κ2) is 7.93. The lowest BCUT2D eigenvalue weighted by atomic mass is 9.87. The van der Waals surface area contributed by atoms with Gasteiger partial charge in [0.2, 0.25) is 0 Å². The van der Waals surface area contributed by atoms with E-state index >= 15 is 0 Å². The van der Waals surface area contributed by atoms with Crippen LogP contribution in [-0.2, 0) is 4.79 Å². The summed E-state index contributed by atoms with van der Waals surface area (Å²) in [6.45, 7) is 8.98. The number of pyridine rings is 1. The van der Waals surface area contributed by atoms with Crippen LogP contribution in [0.4, 0.5) is 0 Å². The van der Waals surface area contributed by atoms with E-state index in [1.165, 1.54) is 22.0 Å². The fourth-order valence-corrected chi connectivity index (χ4v) is 5.01. The van der Waals surface area contributed by atoms with Crippen LogP contribution in [0.3, 0.4) is 0 Å². The van der Waals surface area contributed by atoms with Gasteiger partial charge in [-0.15, -0.1) is 0 Å². The Bertz CT molecular complexity index is 1240. The van der Waals surface area contributed by atoms with E-state index < -0.39 is 0 Å². The van der Waals surface area contributed by atoms with Gasteiger partial charge in [-0.3, -0.25) is 4.90 Å². The van der Waals surface area contributed by atoms with E-state index in [1.54, 1.807) is 0 Å². The van der Waals surface area contributed by atoms with Crippen molar-refractivity contribution < 1.29 is 4.79 Å². The molecule has 0 saturated carbocycles. The number of piperidine rings is 1. The third-order valence-corrected chi connectivity index (χ3v) is 6.56. The Labute approximate surface area is 182 Å². The SMILES string of the molecule is Cc1nc2ccc(-c3[nH]c4ccc(C5CCN(CC=O)CC5)cc4c3C(C)C)cn2n1. The second-order valence-corrected chi connectivity index (χ2v) is 8.99. The molecular formula is C25H29N5O. The predicted octanol–water partition coefficient (Wildman–Crippen LogP) is 4.69. The second-order valence-electron chi connectivity index (χ2n) is 8.99. The van der Waals surface area contributed by atoms with Crippen molar-refractivity contribution in [2.75, 3.05) is 19.6 Å². The van der Waals surface area contributed by atoms with Gasteiger partial charge < -0.3 is 9.78 Å². The van der Waals surface area contributed by atoms with Crippen molar-refractivity contribution in [2.24, 2.45) is 0 Å². The summed E-state index contributed by atoms with van der Waals surface area (Å²) < 4.78 is 1.86. The number of aromatic nitrogens is 4. The Morgan fingerprint density at radius 1 is 1.19 bits per heavy atom. The number of aromatic amines is 1. The van der Waals surface area contributed by atoms with Gasteiger partial charge in [-0.25, -0.2) is 9.50 Å². The van der Waals surface area contributed by atoms with Crippen LogP contribution in [0.2, 0.25) is 0 Å². The van der Waals surface area contributed by atoms with Crippen molar-refractivity contribution in [3.8, 4) is 11.3 Å². The topological polar surface area (TPSA) is 66.3 Å². The molecule has 6 nitrogen and oxygen atoms in total. The van der Waals surface area contributed by atoms with Gasteiger partial charge >= 0.3 is 0 Å². The molecule has 1 aromatic carbocycles. The van der Waals surface area contributed by atoms with Gasteiger partial charge in [0, 0.05) is 22.7 Å². The summed E-state index contributed by atoms with van der Waals surface area (Å²) in [4.78, 5) is 21.2. The molecule has 1 aliphatic rings. The standard InChI is InChI=1S/C25H29N5O/c1-16(2)24-21-14-19(18-8-10-29(11-9-18)12-13-31)4-6-22(21)27-25(24)20-5-7-23-26-17(3)28-30(23)15-20/h4-7,13-16,18,27H,8-12H2,1-3H3. The zero-order chi connectivity index (χ0) is 21.5. The molecular weight excluding hydrogens is 386 g/mol. The minimum absolute atomic E-state index is 0.390. The number of hydrogen-bond acceptors (Lipinski definition) is 4. The third kappa shape index (κ3) is 3.65. The summed E-state index contributed by atoms with van der Waals surface area (Å²) in [6, 6.07) is 11.1. The van der Waals surface area contributed by atoms with Crippen molar-refractivity contribution in [3.05, 3.63) is 53.5 Å². The zero-order valence-corrected chi connectivity index (χ0v) is 18.4. The first-order valence-electron chi connectivity index (χ1n) is 11.2. The van der Waals surface area contributed by atoms with Gasteiger partial charge in [0.25, 0.3) is 0 Å². The fraction of sp³-hybridized carbons (Fsp3) is 0.400. The predicted molar refractivity (Wildman–Crippen MR) is 124 cm³/mol. The molecule has 1 aliphatic heterocycles. The Kier molecular flexibility index (Phi) is 5.10. The molecule has 6 heteroatoms. The third-order valence-electron chi connectivity index (χ3n) is 6.56. The van der Waals surface area contributed by atoms with Crippen LogP contribution in [0.15, 0.2) is 36.5 Å². The molecule has 0 radical (unpaired) electrons. The van der Waals surface area contributed by atoms with Crippen LogP contribution < -0.4 is 0 Å². The minimum atomic E-state index is 0.390. The van der Waals surface area contributed by atoms with E-state index in [0.29, 0.717) is 18.4 Å². The summed E-state index contributed by atoms with van der Waals surface area (Å²) >= 11 is 0. The van der Waals surface area contributed by atoms with Crippen molar-refractivity contribution in [1.29, 1.82) is 0 Å². The molecule has 0 atom stereocenters. The van der Waals surface area contributed by atoms with Crippen LogP contribution in [0, 0.1) is 6.92 Å². The Morgan fingerprint density at radius 2 is 2.00 bits per heavy atom. The number of rotatable bonds is 5. The molecule has 1 N–H and O–H groups in total. The first-order chi connectivity index (χ1) is 15.0. The maximum Gasteiger partial charge on any atom is 0.155 e. The van der Waals surface area contributed by atoms with Crippen LogP contribution in [0.25, 0.3) is 27.8 Å². The van der Waals surface area contributed by atoms with Crippen LogP contribution >= 0.6 is 0 Å². The Hall–Kier alpha value is -2.99. The number of nitrogens with zero attached hydrogens (tertiary/aromatic N) is 4. The van der Waals surface area contributed by atoms with E-state index in [-0.39, 0.29) is 0 Å². The van der Waals surface area contributed by atoms with Crippen molar-refractivity contribution in [2.45, 2.75) is 45.4 Å². The molecule has 4 heterocycles. The molecule has 4 aromatic rings. The number of aryl methyl sites for hydroxylation is 1. The largest absolute Gasteiger partial charge is 0.354 e. The average Bonchev–Trinajstić information content (AvgIpc) is 3.33. The normalized spacial score (nSPS) is 16.0. The number of aldehydes is 1. The van der Waals surface area contributed by atoms with E-state index in [2.05, 4.69) is 64.3 Å². The molecule has 0 bridgehead atoms. The lowest BCUT2D eigenvalue weighted by molar-refractivity contribution is -0.109. The first kappa shape index (κ1) is 19.9. The summed E-state index contributed by atoms with van der Waals surface area (Å²) in [7, 11) is 0. The first-order valence-corrected chi connectivity index (χ1v) is 11.2. The van der Waals surface area contributed by atoms with Gasteiger partial charge in [0.05, 0.1) is 12.2 Å². The smallest absolute Gasteiger partial charge is 0.155 e. The molecule has 1 saturated heterocycles. The quantitative estimate of drug-likeness (QED) is 0.480. The number of benzene rings is 1. The Morgan fingerprint density at radius 3 is 2.74 bits per heavy atom. The van der Waals surface area contributed by atoms with E-state index in [4.69, 9.17) is 0 Å². The van der Waals surface area contributed by atoms with Crippen molar-refractivity contribution in [3.63, 3.8) is 0 Å². The number of likely N-dealkylation sites (tertiary alicyclic amines) is 1. The molecule has 0 aliphatic carbocycles. The summed E-state index contributed by atoms with van der Waals surface area (Å²) in [5.41, 5.74) is 7.10. The van der Waals surface area contributed by atoms with Crippen molar-refractivity contribution >= 4 is 22.8 Å². The molecule has 31 heavy (non-hydrogen) atoms. The number of carbonyl (C=O) groups excluding carboxylic acids is 1. The number of hydrogen-bond donors (Lipinski definition) is 1. The average molecular weight is 416 g/mol. The molecule has 1 fully saturated rings. The van der Waals surface area contributed by atoms with Gasteiger partial charge in [0.15, 0.2) is 5.65 Å². The number of carbonyl (C=O) groups is 1. The van der Waals surface area contributed by atoms with Gasteiger partial charge in [-0.05, 0) is 80.1 Å². The molecule has 0 unspecified atom stereocenters. The lowest BCUT2D eigenvalue weighted by Gasteiger charge is -2.30. The summed E-state index contributed by atoms with van der Waals surface area (Å²) in [6.07, 6.45) is 5.29. The Balaban J connectivity index is 1.54. The van der Waals surface area contributed by atoms with Crippen molar-refractivity contribution in [1.82, 2.24) is 24.5 Å². The highest BCUT2D eigenvalue weighted by Crippen LogP contribution is 2.38. The molecule has 0 spiro atoms. The maximum atomic E-state index is 10.8. The number of fused-ring (bicyclic) bond motifs is 2. The number of nitrogens with one attached hydrogen (secondary N) is 1. The molecule has 160 valence electrons.